The van der Waals surface area contributed by atoms with Crippen LogP contribution in [0.15, 0.2) is 0 Å². The van der Waals surface area contributed by atoms with E-state index in [-0.39, 0.29) is 6.23 Å². The van der Waals surface area contributed by atoms with Gasteiger partial charge in [0.1, 0.15) is 6.23 Å². The van der Waals surface area contributed by atoms with Gasteiger partial charge >= 0.3 is 8.56 Å². The lowest BCUT2D eigenvalue weighted by atomic mass is 10.2. The summed E-state index contributed by atoms with van der Waals surface area (Å²) in [7, 11) is -2.08. The summed E-state index contributed by atoms with van der Waals surface area (Å²) >= 11 is 0. The van der Waals surface area contributed by atoms with Crippen LogP contribution >= 0.6 is 0 Å². The molecule has 4 nitrogen and oxygen atoms in total. The number of nitrogens with zero attached hydrogens (tertiary/aromatic N) is 1. The van der Waals surface area contributed by atoms with Gasteiger partial charge in [-0.1, -0.05) is 12.8 Å². The Morgan fingerprint density at radius 1 is 1.05 bits per heavy atom. The fourth-order valence-corrected chi connectivity index (χ4v) is 5.14. The van der Waals surface area contributed by atoms with Crippen molar-refractivity contribution in [1.29, 1.82) is 0 Å². The van der Waals surface area contributed by atoms with Gasteiger partial charge in [0.25, 0.3) is 0 Å². The number of aliphatic hydroxyl groups is 1. The Balaban J connectivity index is 2.39. The van der Waals surface area contributed by atoms with Crippen LogP contribution < -0.4 is 0 Å². The van der Waals surface area contributed by atoms with E-state index in [2.05, 4.69) is 11.4 Å². The normalized spacial score (nSPS) is 20.2. The lowest BCUT2D eigenvalue weighted by molar-refractivity contribution is 0.00131. The fourth-order valence-electron chi connectivity index (χ4n) is 2.76. The summed E-state index contributed by atoms with van der Waals surface area (Å²) in [6, 6.07) is 0.867. The number of likely N-dealkylation sites (tertiary alicyclic amines) is 1. The average molecular weight is 289 g/mol. The van der Waals surface area contributed by atoms with Crippen molar-refractivity contribution in [3.05, 3.63) is 0 Å². The molecule has 1 heterocycles. The number of rotatable bonds is 8. The summed E-state index contributed by atoms with van der Waals surface area (Å²) in [6.07, 6.45) is 5.46. The molecule has 0 saturated carbocycles. The van der Waals surface area contributed by atoms with E-state index in [0.717, 1.165) is 25.6 Å². The first-order chi connectivity index (χ1) is 9.11. The third-order valence-electron chi connectivity index (χ3n) is 3.82. The molecule has 0 aromatic carbocycles. The van der Waals surface area contributed by atoms with Crippen LogP contribution in [-0.4, -0.2) is 51.1 Å². The standard InChI is InChI=1S/C14H31NO3Si/c1-4-17-19(3,18-5-2)13-10-14(16)15-11-8-6-7-9-12-15/h14,16H,4-13H2,1-3H3. The molecular weight excluding hydrogens is 258 g/mol. The molecule has 1 rings (SSSR count). The average Bonchev–Trinajstić information content (AvgIpc) is 2.65. The van der Waals surface area contributed by atoms with Gasteiger partial charge in [0.2, 0.25) is 0 Å². The third kappa shape index (κ3) is 6.36. The molecule has 5 heteroatoms. The molecular formula is C14H31NO3Si. The number of hydrogen-bond acceptors (Lipinski definition) is 4. The van der Waals surface area contributed by atoms with Gasteiger partial charge in [-0.2, -0.15) is 0 Å². The third-order valence-corrected chi connectivity index (χ3v) is 6.81. The quantitative estimate of drug-likeness (QED) is 0.698. The minimum absolute atomic E-state index is 0.328. The van der Waals surface area contributed by atoms with E-state index in [1.165, 1.54) is 25.7 Å². The molecule has 0 spiro atoms. The van der Waals surface area contributed by atoms with Crippen LogP contribution in [0.4, 0.5) is 0 Å². The molecule has 0 aromatic rings. The maximum Gasteiger partial charge on any atom is 0.335 e. The van der Waals surface area contributed by atoms with Gasteiger partial charge in [0.05, 0.1) is 0 Å². The second kappa shape index (κ2) is 9.08. The number of hydrogen-bond donors (Lipinski definition) is 1. The van der Waals surface area contributed by atoms with Crippen molar-refractivity contribution < 1.29 is 14.0 Å². The van der Waals surface area contributed by atoms with Gasteiger partial charge in [-0.3, -0.25) is 4.90 Å². The van der Waals surface area contributed by atoms with Crippen molar-refractivity contribution in [2.24, 2.45) is 0 Å². The van der Waals surface area contributed by atoms with Gasteiger partial charge in [-0.15, -0.1) is 0 Å². The molecule has 1 N–H and O–H groups in total. The van der Waals surface area contributed by atoms with E-state index in [9.17, 15) is 5.11 Å². The highest BCUT2D eigenvalue weighted by Crippen LogP contribution is 2.20. The van der Waals surface area contributed by atoms with E-state index >= 15 is 0 Å². The summed E-state index contributed by atoms with van der Waals surface area (Å²) in [5.74, 6) is 0. The molecule has 0 aliphatic carbocycles. The summed E-state index contributed by atoms with van der Waals surface area (Å²) < 4.78 is 11.6. The maximum atomic E-state index is 10.3. The first kappa shape index (κ1) is 17.1. The minimum Gasteiger partial charge on any atom is -0.395 e. The SMILES string of the molecule is CCO[Si](C)(CCC(O)N1CCCCCC1)OCC. The molecule has 1 aliphatic rings. The smallest absolute Gasteiger partial charge is 0.335 e. The van der Waals surface area contributed by atoms with E-state index in [0.29, 0.717) is 13.2 Å². The molecule has 0 amide bonds. The first-order valence-corrected chi connectivity index (χ1v) is 10.3. The Morgan fingerprint density at radius 2 is 1.58 bits per heavy atom. The van der Waals surface area contributed by atoms with Crippen molar-refractivity contribution in [2.45, 2.75) is 64.8 Å². The maximum absolute atomic E-state index is 10.3. The Labute approximate surface area is 119 Å². The van der Waals surface area contributed by atoms with Crippen molar-refractivity contribution in [3.8, 4) is 0 Å². The van der Waals surface area contributed by atoms with Crippen molar-refractivity contribution in [3.63, 3.8) is 0 Å². The molecule has 1 unspecified atom stereocenters. The molecule has 1 fully saturated rings. The lowest BCUT2D eigenvalue weighted by Gasteiger charge is -2.30. The zero-order valence-electron chi connectivity index (χ0n) is 12.9. The molecule has 114 valence electrons. The molecule has 0 radical (unpaired) electrons. The monoisotopic (exact) mass is 289 g/mol. The van der Waals surface area contributed by atoms with Crippen LogP contribution in [0.3, 0.4) is 0 Å². The summed E-state index contributed by atoms with van der Waals surface area (Å²) in [5, 5.41) is 10.3. The Kier molecular flexibility index (Phi) is 8.17. The zero-order valence-corrected chi connectivity index (χ0v) is 13.9. The highest BCUT2D eigenvalue weighted by atomic mass is 28.4. The topological polar surface area (TPSA) is 41.9 Å². The summed E-state index contributed by atoms with van der Waals surface area (Å²) in [6.45, 7) is 9.58. The molecule has 19 heavy (non-hydrogen) atoms. The van der Waals surface area contributed by atoms with E-state index in [4.69, 9.17) is 8.85 Å². The zero-order chi connectivity index (χ0) is 14.1. The molecule has 1 saturated heterocycles. The largest absolute Gasteiger partial charge is 0.395 e. The number of aliphatic hydroxyl groups excluding tert-OH is 1. The van der Waals surface area contributed by atoms with E-state index < -0.39 is 8.56 Å². The Morgan fingerprint density at radius 3 is 2.05 bits per heavy atom. The fraction of sp³-hybridized carbons (Fsp3) is 1.00. The van der Waals surface area contributed by atoms with Gasteiger partial charge in [-0.05, 0) is 45.7 Å². The van der Waals surface area contributed by atoms with Crippen LogP contribution in [0.25, 0.3) is 0 Å². The van der Waals surface area contributed by atoms with Crippen molar-refractivity contribution in [1.82, 2.24) is 4.90 Å². The van der Waals surface area contributed by atoms with Crippen molar-refractivity contribution in [2.75, 3.05) is 26.3 Å². The van der Waals surface area contributed by atoms with Gasteiger partial charge in [-0.25, -0.2) is 0 Å². The molecule has 0 bridgehead atoms. The van der Waals surface area contributed by atoms with Crippen molar-refractivity contribution >= 4 is 8.56 Å². The second-order valence-electron chi connectivity index (χ2n) is 5.47. The van der Waals surface area contributed by atoms with Crippen LogP contribution in [0.2, 0.25) is 12.6 Å². The van der Waals surface area contributed by atoms with Gasteiger partial charge in [0, 0.05) is 26.3 Å². The predicted molar refractivity (Wildman–Crippen MR) is 80.3 cm³/mol. The lowest BCUT2D eigenvalue weighted by Crippen LogP contribution is -2.42. The first-order valence-electron chi connectivity index (χ1n) is 7.81. The summed E-state index contributed by atoms with van der Waals surface area (Å²) in [5.41, 5.74) is 0. The molecule has 1 atom stereocenters. The van der Waals surface area contributed by atoms with E-state index in [1.807, 2.05) is 13.8 Å². The summed E-state index contributed by atoms with van der Waals surface area (Å²) in [4.78, 5) is 2.22. The Hall–Kier alpha value is 0.0569. The molecule has 1 aliphatic heterocycles. The van der Waals surface area contributed by atoms with Crippen LogP contribution in [-0.2, 0) is 8.85 Å². The minimum atomic E-state index is -2.08. The van der Waals surface area contributed by atoms with Crippen LogP contribution in [0.1, 0.15) is 46.0 Å². The van der Waals surface area contributed by atoms with Gasteiger partial charge < -0.3 is 14.0 Å². The van der Waals surface area contributed by atoms with Gasteiger partial charge in [0.15, 0.2) is 0 Å². The Bertz CT molecular complexity index is 227. The highest BCUT2D eigenvalue weighted by Gasteiger charge is 2.32. The molecule has 0 aromatic heterocycles. The van der Waals surface area contributed by atoms with Crippen LogP contribution in [0.5, 0.6) is 0 Å². The predicted octanol–water partition coefficient (Wildman–Crippen LogP) is 2.72. The van der Waals surface area contributed by atoms with E-state index in [1.54, 1.807) is 0 Å². The second-order valence-corrected chi connectivity index (χ2v) is 8.81. The van der Waals surface area contributed by atoms with Crippen LogP contribution in [0, 0.1) is 0 Å². The highest BCUT2D eigenvalue weighted by molar-refractivity contribution is 6.66.